The van der Waals surface area contributed by atoms with Gasteiger partial charge in [0.1, 0.15) is 17.5 Å². The molecular formula is C14H18N4OS. The molecule has 0 aliphatic rings. The zero-order valence-corrected chi connectivity index (χ0v) is 12.4. The highest BCUT2D eigenvalue weighted by Gasteiger charge is 2.05. The van der Waals surface area contributed by atoms with Gasteiger partial charge < -0.3 is 10.2 Å². The number of nitrogen functional groups attached to an aromatic ring is 1. The van der Waals surface area contributed by atoms with E-state index in [2.05, 4.69) is 46.6 Å². The molecule has 0 spiro atoms. The Hall–Kier alpha value is -1.63. The summed E-state index contributed by atoms with van der Waals surface area (Å²) in [5.74, 6) is 7.49. The van der Waals surface area contributed by atoms with Gasteiger partial charge in [0, 0.05) is 18.9 Å². The summed E-state index contributed by atoms with van der Waals surface area (Å²) in [4.78, 5) is 8.67. The first-order valence-corrected chi connectivity index (χ1v) is 7.21. The molecule has 0 saturated heterocycles. The number of nitrogens with zero attached hydrogens (tertiary/aromatic N) is 2. The number of hydrazine groups is 1. The van der Waals surface area contributed by atoms with Crippen LogP contribution >= 0.6 is 11.8 Å². The fourth-order valence-electron chi connectivity index (χ4n) is 1.77. The molecule has 106 valence electrons. The maximum absolute atomic E-state index is 5.42. The van der Waals surface area contributed by atoms with Crippen molar-refractivity contribution in [3.63, 3.8) is 0 Å². The molecule has 0 radical (unpaired) electrons. The lowest BCUT2D eigenvalue weighted by Crippen LogP contribution is -2.11. The third-order valence-corrected chi connectivity index (χ3v) is 3.62. The molecule has 0 amide bonds. The van der Waals surface area contributed by atoms with Crippen LogP contribution in [0.4, 0.5) is 5.82 Å². The molecule has 1 heterocycles. The summed E-state index contributed by atoms with van der Waals surface area (Å²) in [6.45, 7) is 2.46. The van der Waals surface area contributed by atoms with Gasteiger partial charge >= 0.3 is 0 Å². The third-order valence-electron chi connectivity index (χ3n) is 2.64. The Kier molecular flexibility index (Phi) is 5.34. The first-order chi connectivity index (χ1) is 9.71. The first-order valence-electron chi connectivity index (χ1n) is 6.23. The molecule has 20 heavy (non-hydrogen) atoms. The fraction of sp³-hybridized carbons (Fsp3) is 0.286. The van der Waals surface area contributed by atoms with Crippen LogP contribution in [0.15, 0.2) is 35.4 Å². The van der Waals surface area contributed by atoms with Crippen LogP contribution in [0, 0.1) is 6.92 Å². The molecule has 5 nitrogen and oxygen atoms in total. The van der Waals surface area contributed by atoms with E-state index in [1.807, 2.05) is 6.07 Å². The van der Waals surface area contributed by atoms with Gasteiger partial charge in [-0.2, -0.15) is 0 Å². The Morgan fingerprint density at radius 1 is 1.30 bits per heavy atom. The molecular weight excluding hydrogens is 272 g/mol. The van der Waals surface area contributed by atoms with E-state index in [-0.39, 0.29) is 0 Å². The van der Waals surface area contributed by atoms with Crippen LogP contribution in [0.2, 0.25) is 0 Å². The molecule has 0 saturated carbocycles. The molecule has 1 aromatic carbocycles. The lowest BCUT2D eigenvalue weighted by Gasteiger charge is -2.07. The topological polar surface area (TPSA) is 73.1 Å². The molecule has 0 bridgehead atoms. The third kappa shape index (κ3) is 4.19. The van der Waals surface area contributed by atoms with Crippen molar-refractivity contribution in [1.82, 2.24) is 9.97 Å². The molecule has 2 rings (SSSR count). The summed E-state index contributed by atoms with van der Waals surface area (Å²) in [6.07, 6.45) is 0. The molecule has 0 unspecified atom stereocenters. The van der Waals surface area contributed by atoms with E-state index in [9.17, 15) is 0 Å². The van der Waals surface area contributed by atoms with Crippen molar-refractivity contribution < 1.29 is 4.74 Å². The number of aromatic nitrogens is 2. The van der Waals surface area contributed by atoms with Gasteiger partial charge in [0.2, 0.25) is 0 Å². The zero-order chi connectivity index (χ0) is 14.4. The number of anilines is 1. The van der Waals surface area contributed by atoms with Crippen LogP contribution in [0.1, 0.15) is 17.0 Å². The summed E-state index contributed by atoms with van der Waals surface area (Å²) in [7, 11) is 1.62. The van der Waals surface area contributed by atoms with Gasteiger partial charge in [-0.25, -0.2) is 15.8 Å². The van der Waals surface area contributed by atoms with Crippen molar-refractivity contribution in [3.05, 3.63) is 47.3 Å². The number of benzene rings is 1. The van der Waals surface area contributed by atoms with E-state index in [1.165, 1.54) is 11.1 Å². The van der Waals surface area contributed by atoms with Crippen LogP contribution in [0.25, 0.3) is 0 Å². The van der Waals surface area contributed by atoms with E-state index < -0.39 is 0 Å². The number of hydrogen-bond donors (Lipinski definition) is 2. The largest absolute Gasteiger partial charge is 0.377 e. The van der Waals surface area contributed by atoms with Gasteiger partial charge in [0.25, 0.3) is 0 Å². The minimum Gasteiger partial charge on any atom is -0.377 e. The van der Waals surface area contributed by atoms with Crippen molar-refractivity contribution >= 4 is 17.6 Å². The number of thioether (sulfide) groups is 1. The molecule has 0 aliphatic heterocycles. The van der Waals surface area contributed by atoms with E-state index >= 15 is 0 Å². The van der Waals surface area contributed by atoms with Crippen molar-refractivity contribution in [2.75, 3.05) is 12.5 Å². The summed E-state index contributed by atoms with van der Waals surface area (Å²) in [6, 6.07) is 10.3. The van der Waals surface area contributed by atoms with Crippen molar-refractivity contribution in [2.24, 2.45) is 5.84 Å². The normalized spacial score (nSPS) is 10.6. The smallest absolute Gasteiger partial charge is 0.157 e. The molecule has 6 heteroatoms. The number of nitrogens with two attached hydrogens (primary N) is 1. The molecule has 1 aromatic heterocycles. The molecule has 2 aromatic rings. The Bertz CT molecular complexity index is 577. The van der Waals surface area contributed by atoms with Crippen molar-refractivity contribution in [1.29, 1.82) is 0 Å². The Balaban J connectivity index is 2.10. The van der Waals surface area contributed by atoms with Gasteiger partial charge in [-0.05, 0) is 12.5 Å². The Labute approximate surface area is 122 Å². The minimum atomic E-state index is 0.369. The van der Waals surface area contributed by atoms with E-state index in [0.29, 0.717) is 18.2 Å². The van der Waals surface area contributed by atoms with Gasteiger partial charge in [-0.1, -0.05) is 29.8 Å². The average Bonchev–Trinajstić information content (AvgIpc) is 2.45. The van der Waals surface area contributed by atoms with E-state index in [1.54, 1.807) is 18.9 Å². The summed E-state index contributed by atoms with van der Waals surface area (Å²) < 4.78 is 5.06. The van der Waals surface area contributed by atoms with E-state index in [4.69, 9.17) is 10.6 Å². The van der Waals surface area contributed by atoms with Crippen LogP contribution in [-0.2, 0) is 17.1 Å². The predicted molar refractivity (Wildman–Crippen MR) is 81.3 cm³/mol. The second kappa shape index (κ2) is 7.23. The van der Waals surface area contributed by atoms with Crippen LogP contribution in [0.3, 0.4) is 0 Å². The van der Waals surface area contributed by atoms with Gasteiger partial charge in [-0.3, -0.25) is 0 Å². The van der Waals surface area contributed by atoms with Crippen molar-refractivity contribution in [2.45, 2.75) is 24.3 Å². The quantitative estimate of drug-likeness (QED) is 0.368. The molecule has 0 atom stereocenters. The van der Waals surface area contributed by atoms with E-state index in [0.717, 1.165) is 10.8 Å². The lowest BCUT2D eigenvalue weighted by molar-refractivity contribution is 0.177. The van der Waals surface area contributed by atoms with Crippen LogP contribution in [-0.4, -0.2) is 17.1 Å². The Morgan fingerprint density at radius 2 is 2.15 bits per heavy atom. The summed E-state index contributed by atoms with van der Waals surface area (Å²) in [5.41, 5.74) is 5.08. The number of aryl methyl sites for hydroxylation is 1. The maximum atomic E-state index is 5.42. The number of hydrogen-bond acceptors (Lipinski definition) is 6. The number of ether oxygens (including phenoxy) is 1. The summed E-state index contributed by atoms with van der Waals surface area (Å²) in [5, 5.41) is 0.876. The molecule has 3 N–H and O–H groups in total. The fourth-order valence-corrected chi connectivity index (χ4v) is 2.63. The highest BCUT2D eigenvalue weighted by molar-refractivity contribution is 7.98. The second-order valence-electron chi connectivity index (χ2n) is 4.36. The predicted octanol–water partition coefficient (Wildman–Crippen LogP) is 2.51. The standard InChI is InChI=1S/C14H18N4OS/c1-10-4-3-5-11(6-10)9-20-14-7-12(18-15)16-13(17-14)8-19-2/h3-7H,8-9,15H2,1-2H3,(H,16,17,18). The minimum absolute atomic E-state index is 0.369. The average molecular weight is 290 g/mol. The second-order valence-corrected chi connectivity index (χ2v) is 5.36. The Morgan fingerprint density at radius 3 is 2.85 bits per heavy atom. The highest BCUT2D eigenvalue weighted by atomic mass is 32.2. The highest BCUT2D eigenvalue weighted by Crippen LogP contribution is 2.23. The molecule has 0 aliphatic carbocycles. The number of methoxy groups -OCH3 is 1. The van der Waals surface area contributed by atoms with Gasteiger partial charge in [0.05, 0.1) is 0 Å². The number of nitrogens with one attached hydrogen (secondary N) is 1. The van der Waals surface area contributed by atoms with Gasteiger partial charge in [0.15, 0.2) is 5.82 Å². The molecule has 0 fully saturated rings. The summed E-state index contributed by atoms with van der Waals surface area (Å²) >= 11 is 1.65. The first kappa shape index (κ1) is 14.8. The van der Waals surface area contributed by atoms with Crippen molar-refractivity contribution in [3.8, 4) is 0 Å². The monoisotopic (exact) mass is 290 g/mol. The lowest BCUT2D eigenvalue weighted by atomic mass is 10.2. The van der Waals surface area contributed by atoms with Gasteiger partial charge in [-0.15, -0.1) is 11.8 Å². The van der Waals surface area contributed by atoms with Crippen LogP contribution < -0.4 is 11.3 Å². The number of rotatable bonds is 6. The zero-order valence-electron chi connectivity index (χ0n) is 11.6. The SMILES string of the molecule is COCc1nc(NN)cc(SCc2cccc(C)c2)n1. The van der Waals surface area contributed by atoms with Crippen LogP contribution in [0.5, 0.6) is 0 Å². The maximum Gasteiger partial charge on any atom is 0.157 e.